The number of benzene rings is 2. The first kappa shape index (κ1) is 17.6. The number of methoxy groups -OCH3 is 2. The second-order valence-electron chi connectivity index (χ2n) is 4.84. The summed E-state index contributed by atoms with van der Waals surface area (Å²) in [4.78, 5) is 0.0712. The third-order valence-electron chi connectivity index (χ3n) is 3.41. The normalized spacial score (nSPS) is 10.7. The van der Waals surface area contributed by atoms with Crippen molar-refractivity contribution in [3.05, 3.63) is 48.5 Å². The van der Waals surface area contributed by atoms with E-state index >= 15 is 0 Å². The van der Waals surface area contributed by atoms with E-state index in [2.05, 4.69) is 0 Å². The monoisotopic (exact) mass is 346 g/mol. The second-order valence-corrected chi connectivity index (χ2v) is 6.70. The van der Waals surface area contributed by atoms with E-state index in [1.165, 1.54) is 30.7 Å². The quantitative estimate of drug-likeness (QED) is 0.770. The Morgan fingerprint density at radius 2 is 1.71 bits per heavy atom. The first-order chi connectivity index (χ1) is 11.5. The highest BCUT2D eigenvalue weighted by Crippen LogP contribution is 2.32. The molecule has 126 valence electrons. The van der Waals surface area contributed by atoms with E-state index in [0.717, 1.165) is 0 Å². The van der Waals surface area contributed by atoms with Crippen molar-refractivity contribution in [2.45, 2.75) is 11.3 Å². The van der Waals surface area contributed by atoms with Gasteiger partial charge in [-0.15, -0.1) is 0 Å². The molecule has 0 saturated carbocycles. The number of nitriles is 1. The largest absolute Gasteiger partial charge is 0.493 e. The van der Waals surface area contributed by atoms with E-state index in [-0.39, 0.29) is 17.9 Å². The van der Waals surface area contributed by atoms with Crippen LogP contribution >= 0.6 is 0 Å². The van der Waals surface area contributed by atoms with Crippen LogP contribution in [0, 0.1) is 11.3 Å². The molecule has 0 aliphatic rings. The SMILES string of the molecule is COc1ccc(S(=O)(=O)N(CCC#N)c2ccccc2)cc1OC. The van der Waals surface area contributed by atoms with Gasteiger partial charge in [0.15, 0.2) is 11.5 Å². The summed E-state index contributed by atoms with van der Waals surface area (Å²) in [6.45, 7) is 0.0667. The van der Waals surface area contributed by atoms with Gasteiger partial charge in [-0.2, -0.15) is 5.26 Å². The van der Waals surface area contributed by atoms with Crippen LogP contribution in [0.4, 0.5) is 5.69 Å². The smallest absolute Gasteiger partial charge is 0.264 e. The minimum atomic E-state index is -3.84. The van der Waals surface area contributed by atoms with Gasteiger partial charge < -0.3 is 9.47 Å². The number of ether oxygens (including phenoxy) is 2. The molecule has 2 aromatic rings. The van der Waals surface area contributed by atoms with Crippen molar-refractivity contribution in [3.63, 3.8) is 0 Å². The number of nitrogens with zero attached hydrogens (tertiary/aromatic N) is 2. The molecular formula is C17H18N2O4S. The number of anilines is 1. The van der Waals surface area contributed by atoms with Crippen LogP contribution < -0.4 is 13.8 Å². The van der Waals surface area contributed by atoms with E-state index in [1.807, 2.05) is 6.07 Å². The summed E-state index contributed by atoms with van der Waals surface area (Å²) in [7, 11) is -0.913. The zero-order valence-corrected chi connectivity index (χ0v) is 14.3. The van der Waals surface area contributed by atoms with Gasteiger partial charge in [0.2, 0.25) is 0 Å². The Balaban J connectivity index is 2.50. The molecular weight excluding hydrogens is 328 g/mol. The molecule has 0 atom stereocenters. The zero-order valence-electron chi connectivity index (χ0n) is 13.5. The molecule has 0 fully saturated rings. The maximum absolute atomic E-state index is 13.0. The number of hydrogen-bond donors (Lipinski definition) is 0. The van der Waals surface area contributed by atoms with E-state index in [4.69, 9.17) is 14.7 Å². The maximum Gasteiger partial charge on any atom is 0.264 e. The molecule has 0 radical (unpaired) electrons. The van der Waals surface area contributed by atoms with Gasteiger partial charge in [-0.05, 0) is 24.3 Å². The van der Waals surface area contributed by atoms with Crippen molar-refractivity contribution in [2.24, 2.45) is 0 Å². The van der Waals surface area contributed by atoms with Crippen molar-refractivity contribution in [1.82, 2.24) is 0 Å². The highest BCUT2D eigenvalue weighted by Gasteiger charge is 2.25. The van der Waals surface area contributed by atoms with Crippen molar-refractivity contribution >= 4 is 15.7 Å². The number of sulfonamides is 1. The number of hydrogen-bond acceptors (Lipinski definition) is 5. The van der Waals surface area contributed by atoms with Gasteiger partial charge >= 0.3 is 0 Å². The van der Waals surface area contributed by atoms with Gasteiger partial charge in [0.25, 0.3) is 10.0 Å². The van der Waals surface area contributed by atoms with E-state index in [0.29, 0.717) is 17.2 Å². The molecule has 0 aliphatic carbocycles. The molecule has 24 heavy (non-hydrogen) atoms. The molecule has 0 N–H and O–H groups in total. The predicted molar refractivity (Wildman–Crippen MR) is 90.7 cm³/mol. The standard InChI is InChI=1S/C17H18N2O4S/c1-22-16-10-9-15(13-17(16)23-2)24(20,21)19(12-6-11-18)14-7-4-3-5-8-14/h3-5,7-10,13H,6,12H2,1-2H3. The maximum atomic E-state index is 13.0. The molecule has 0 amide bonds. The van der Waals surface area contributed by atoms with Crippen molar-refractivity contribution in [2.75, 3.05) is 25.1 Å². The van der Waals surface area contributed by atoms with Crippen molar-refractivity contribution < 1.29 is 17.9 Å². The molecule has 0 saturated heterocycles. The van der Waals surface area contributed by atoms with Crippen LogP contribution in [0.2, 0.25) is 0 Å². The number of rotatable bonds is 7. The molecule has 2 aromatic carbocycles. The fourth-order valence-corrected chi connectivity index (χ4v) is 3.72. The minimum Gasteiger partial charge on any atom is -0.493 e. The zero-order chi connectivity index (χ0) is 17.6. The lowest BCUT2D eigenvalue weighted by molar-refractivity contribution is 0.354. The second kappa shape index (κ2) is 7.70. The third-order valence-corrected chi connectivity index (χ3v) is 5.24. The lowest BCUT2D eigenvalue weighted by Gasteiger charge is -2.24. The van der Waals surface area contributed by atoms with Crippen LogP contribution in [-0.2, 0) is 10.0 Å². The Hall–Kier alpha value is -2.72. The lowest BCUT2D eigenvalue weighted by Crippen LogP contribution is -2.31. The Morgan fingerprint density at radius 1 is 1.04 bits per heavy atom. The Bertz CT molecular complexity index is 829. The summed E-state index contributed by atoms with van der Waals surface area (Å²) in [5.41, 5.74) is 0.502. The Morgan fingerprint density at radius 3 is 2.29 bits per heavy atom. The van der Waals surface area contributed by atoms with Gasteiger partial charge in [0.1, 0.15) is 0 Å². The highest BCUT2D eigenvalue weighted by atomic mass is 32.2. The average Bonchev–Trinajstić information content (AvgIpc) is 2.62. The summed E-state index contributed by atoms with van der Waals surface area (Å²) >= 11 is 0. The van der Waals surface area contributed by atoms with Crippen LogP contribution in [0.25, 0.3) is 0 Å². The lowest BCUT2D eigenvalue weighted by atomic mass is 10.3. The molecule has 0 aromatic heterocycles. The third kappa shape index (κ3) is 3.60. The summed E-state index contributed by atoms with van der Waals surface area (Å²) in [5, 5.41) is 8.84. The van der Waals surface area contributed by atoms with E-state index < -0.39 is 10.0 Å². The molecule has 7 heteroatoms. The average molecular weight is 346 g/mol. The molecule has 0 bridgehead atoms. The highest BCUT2D eigenvalue weighted by molar-refractivity contribution is 7.92. The first-order valence-corrected chi connectivity index (χ1v) is 8.65. The summed E-state index contributed by atoms with van der Waals surface area (Å²) < 4.78 is 37.6. The molecule has 0 spiro atoms. The summed E-state index contributed by atoms with van der Waals surface area (Å²) in [5.74, 6) is 0.770. The van der Waals surface area contributed by atoms with Crippen LogP contribution in [0.15, 0.2) is 53.4 Å². The van der Waals surface area contributed by atoms with E-state index in [1.54, 1.807) is 36.4 Å². The predicted octanol–water partition coefficient (Wildman–Crippen LogP) is 2.81. The molecule has 0 unspecified atom stereocenters. The van der Waals surface area contributed by atoms with Crippen molar-refractivity contribution in [1.29, 1.82) is 5.26 Å². The molecule has 6 nitrogen and oxygen atoms in total. The van der Waals surface area contributed by atoms with E-state index in [9.17, 15) is 8.42 Å². The molecule has 0 aliphatic heterocycles. The number of para-hydroxylation sites is 1. The minimum absolute atomic E-state index is 0.0667. The Kier molecular flexibility index (Phi) is 5.66. The molecule has 2 rings (SSSR count). The van der Waals surface area contributed by atoms with Gasteiger partial charge in [0, 0.05) is 12.6 Å². The van der Waals surface area contributed by atoms with Crippen LogP contribution in [0.5, 0.6) is 11.5 Å². The topological polar surface area (TPSA) is 79.6 Å². The fraction of sp³-hybridized carbons (Fsp3) is 0.235. The summed E-state index contributed by atoms with van der Waals surface area (Å²) in [6, 6.07) is 15.1. The van der Waals surface area contributed by atoms with Crippen LogP contribution in [0.1, 0.15) is 6.42 Å². The fourth-order valence-electron chi connectivity index (χ4n) is 2.24. The van der Waals surface area contributed by atoms with Crippen molar-refractivity contribution in [3.8, 4) is 17.6 Å². The first-order valence-electron chi connectivity index (χ1n) is 7.21. The Labute approximate surface area is 141 Å². The summed E-state index contributed by atoms with van der Waals surface area (Å²) in [6.07, 6.45) is 0.0847. The molecule has 0 heterocycles. The van der Waals surface area contributed by atoms with Gasteiger partial charge in [0.05, 0.1) is 37.3 Å². The van der Waals surface area contributed by atoms with Gasteiger partial charge in [-0.3, -0.25) is 4.31 Å². The van der Waals surface area contributed by atoms with Crippen LogP contribution in [-0.4, -0.2) is 29.2 Å². The van der Waals surface area contributed by atoms with Gasteiger partial charge in [-0.25, -0.2) is 8.42 Å². The van der Waals surface area contributed by atoms with Crippen LogP contribution in [0.3, 0.4) is 0 Å². The van der Waals surface area contributed by atoms with Gasteiger partial charge in [-0.1, -0.05) is 18.2 Å².